The number of carbonyl (C=O) groups is 2. The minimum Gasteiger partial charge on any atom is -0.479 e. The number of aliphatic hydroxyl groups is 1. The third-order valence-electron chi connectivity index (χ3n) is 2.01. The van der Waals surface area contributed by atoms with Gasteiger partial charge in [-0.3, -0.25) is 0 Å². The average Bonchev–Trinajstić information content (AvgIpc) is 2.22. The molecule has 0 aliphatic rings. The molecule has 0 fully saturated rings. The number of hydrogen-bond donors (Lipinski definition) is 2. The number of aryl methyl sites for hydroxylation is 2. The lowest BCUT2D eigenvalue weighted by Crippen LogP contribution is -2.33. The molecule has 0 aromatic heterocycles. The van der Waals surface area contributed by atoms with Crippen LogP contribution in [0.2, 0.25) is 0 Å². The van der Waals surface area contributed by atoms with E-state index in [-0.39, 0.29) is 5.75 Å². The van der Waals surface area contributed by atoms with Gasteiger partial charge < -0.3 is 14.9 Å². The molecular weight excluding hydrogens is 212 g/mol. The third kappa shape index (κ3) is 2.80. The van der Waals surface area contributed by atoms with Gasteiger partial charge in [-0.2, -0.15) is 0 Å². The van der Waals surface area contributed by atoms with Gasteiger partial charge in [0.1, 0.15) is 5.75 Å². The topological polar surface area (TPSA) is 83.8 Å². The Balaban J connectivity index is 2.84. The molecular formula is C11H12O5. The minimum absolute atomic E-state index is 0.255. The van der Waals surface area contributed by atoms with E-state index in [4.69, 9.17) is 14.9 Å². The Morgan fingerprint density at radius 1 is 1.31 bits per heavy atom. The van der Waals surface area contributed by atoms with Gasteiger partial charge in [-0.15, -0.1) is 0 Å². The number of aliphatic carboxylic acids is 1. The molecule has 1 aromatic rings. The van der Waals surface area contributed by atoms with Crippen LogP contribution in [0.5, 0.6) is 5.75 Å². The van der Waals surface area contributed by atoms with Crippen LogP contribution in [-0.2, 0) is 9.59 Å². The fourth-order valence-corrected chi connectivity index (χ4v) is 1.08. The van der Waals surface area contributed by atoms with Crippen molar-refractivity contribution < 1.29 is 24.5 Å². The minimum atomic E-state index is -2.15. The fourth-order valence-electron chi connectivity index (χ4n) is 1.08. The van der Waals surface area contributed by atoms with Gasteiger partial charge in [-0.25, -0.2) is 9.59 Å². The van der Waals surface area contributed by atoms with Crippen LogP contribution >= 0.6 is 0 Å². The molecule has 1 unspecified atom stereocenters. The highest BCUT2D eigenvalue weighted by atomic mass is 16.6. The number of rotatable bonds is 3. The highest BCUT2D eigenvalue weighted by Gasteiger charge is 2.25. The maximum Gasteiger partial charge on any atom is 0.352 e. The van der Waals surface area contributed by atoms with Crippen LogP contribution in [0.25, 0.3) is 0 Å². The molecule has 86 valence electrons. The first-order chi connectivity index (χ1) is 7.41. The summed E-state index contributed by atoms with van der Waals surface area (Å²) in [6.07, 6.45) is -2.15. The summed E-state index contributed by atoms with van der Waals surface area (Å²) in [5.41, 5.74) is 1.56. The summed E-state index contributed by atoms with van der Waals surface area (Å²) in [6.45, 7) is 3.53. The van der Waals surface area contributed by atoms with Gasteiger partial charge in [0.2, 0.25) is 6.10 Å². The lowest BCUT2D eigenvalue weighted by Gasteiger charge is -2.09. The molecule has 1 aromatic carbocycles. The Morgan fingerprint density at radius 3 is 2.50 bits per heavy atom. The van der Waals surface area contributed by atoms with E-state index in [0.717, 1.165) is 5.56 Å². The van der Waals surface area contributed by atoms with Crippen molar-refractivity contribution in [3.05, 3.63) is 29.3 Å². The maximum absolute atomic E-state index is 11.2. The number of carboxylic acid groups (broad SMARTS) is 1. The Morgan fingerprint density at radius 2 is 1.94 bits per heavy atom. The second-order valence-corrected chi connectivity index (χ2v) is 3.43. The molecule has 2 N–H and O–H groups in total. The van der Waals surface area contributed by atoms with Crippen LogP contribution in [0.3, 0.4) is 0 Å². The molecule has 0 bridgehead atoms. The zero-order valence-corrected chi connectivity index (χ0v) is 8.93. The van der Waals surface area contributed by atoms with E-state index in [9.17, 15) is 9.59 Å². The number of carbonyl (C=O) groups excluding carboxylic acids is 1. The van der Waals surface area contributed by atoms with E-state index in [1.54, 1.807) is 19.1 Å². The van der Waals surface area contributed by atoms with Crippen LogP contribution in [0.4, 0.5) is 0 Å². The smallest absolute Gasteiger partial charge is 0.352 e. The van der Waals surface area contributed by atoms with E-state index in [1.165, 1.54) is 0 Å². The molecule has 0 radical (unpaired) electrons. The average molecular weight is 224 g/mol. The molecule has 0 saturated heterocycles. The van der Waals surface area contributed by atoms with Crippen LogP contribution in [0.1, 0.15) is 11.1 Å². The van der Waals surface area contributed by atoms with E-state index < -0.39 is 18.0 Å². The predicted octanol–water partition coefficient (Wildman–Crippen LogP) is 0.654. The number of ether oxygens (including phenoxy) is 1. The summed E-state index contributed by atoms with van der Waals surface area (Å²) in [7, 11) is 0. The lowest BCUT2D eigenvalue weighted by atomic mass is 10.1. The van der Waals surface area contributed by atoms with Gasteiger partial charge >= 0.3 is 11.9 Å². The van der Waals surface area contributed by atoms with E-state index in [2.05, 4.69) is 0 Å². The SMILES string of the molecule is Cc1ccc(C)c(OC(=O)C(O)C(=O)O)c1. The molecule has 16 heavy (non-hydrogen) atoms. The first-order valence-electron chi connectivity index (χ1n) is 4.61. The van der Waals surface area contributed by atoms with Crippen LogP contribution in [0, 0.1) is 13.8 Å². The standard InChI is InChI=1S/C11H12O5/c1-6-3-4-7(2)8(5-6)16-11(15)9(12)10(13)14/h3-5,9,12H,1-2H3,(H,13,14). The van der Waals surface area contributed by atoms with Crippen molar-refractivity contribution in [2.45, 2.75) is 20.0 Å². The van der Waals surface area contributed by atoms with E-state index in [1.807, 2.05) is 13.0 Å². The first-order valence-corrected chi connectivity index (χ1v) is 4.61. The summed E-state index contributed by atoms with van der Waals surface area (Å²) in [6, 6.07) is 5.17. The molecule has 1 atom stereocenters. The largest absolute Gasteiger partial charge is 0.479 e. The van der Waals surface area contributed by atoms with Crippen LogP contribution in [0.15, 0.2) is 18.2 Å². The van der Waals surface area contributed by atoms with Crippen molar-refractivity contribution in [1.82, 2.24) is 0 Å². The first kappa shape index (κ1) is 12.2. The van der Waals surface area contributed by atoms with Gasteiger partial charge in [0, 0.05) is 0 Å². The van der Waals surface area contributed by atoms with Crippen molar-refractivity contribution in [3.8, 4) is 5.75 Å². The second-order valence-electron chi connectivity index (χ2n) is 3.43. The van der Waals surface area contributed by atoms with Crippen molar-refractivity contribution in [3.63, 3.8) is 0 Å². The summed E-state index contributed by atoms with van der Waals surface area (Å²) < 4.78 is 4.78. The molecule has 0 heterocycles. The van der Waals surface area contributed by atoms with E-state index in [0.29, 0.717) is 5.56 Å². The fraction of sp³-hybridized carbons (Fsp3) is 0.273. The van der Waals surface area contributed by atoms with Crippen molar-refractivity contribution >= 4 is 11.9 Å². The molecule has 0 saturated carbocycles. The third-order valence-corrected chi connectivity index (χ3v) is 2.01. The highest BCUT2D eigenvalue weighted by Crippen LogP contribution is 2.19. The monoisotopic (exact) mass is 224 g/mol. The Kier molecular flexibility index (Phi) is 3.63. The van der Waals surface area contributed by atoms with Gasteiger partial charge in [-0.05, 0) is 31.0 Å². The second kappa shape index (κ2) is 4.76. The highest BCUT2D eigenvalue weighted by molar-refractivity contribution is 5.97. The summed E-state index contributed by atoms with van der Waals surface area (Å²) in [4.78, 5) is 21.5. The van der Waals surface area contributed by atoms with Crippen molar-refractivity contribution in [2.24, 2.45) is 0 Å². The summed E-state index contributed by atoms with van der Waals surface area (Å²) >= 11 is 0. The Labute approximate surface area is 92.3 Å². The molecule has 5 nitrogen and oxygen atoms in total. The Bertz CT molecular complexity index is 424. The van der Waals surface area contributed by atoms with E-state index >= 15 is 0 Å². The number of aliphatic hydroxyl groups excluding tert-OH is 1. The summed E-state index contributed by atoms with van der Waals surface area (Å²) in [5, 5.41) is 17.3. The predicted molar refractivity (Wildman–Crippen MR) is 55.2 cm³/mol. The normalized spacial score (nSPS) is 11.9. The lowest BCUT2D eigenvalue weighted by molar-refractivity contribution is -0.159. The van der Waals surface area contributed by atoms with Crippen LogP contribution < -0.4 is 4.74 Å². The maximum atomic E-state index is 11.2. The molecule has 1 rings (SSSR count). The molecule has 0 aliphatic heterocycles. The molecule has 0 aliphatic carbocycles. The van der Waals surface area contributed by atoms with Gasteiger partial charge in [0.05, 0.1) is 0 Å². The van der Waals surface area contributed by atoms with Gasteiger partial charge in [0.25, 0.3) is 0 Å². The number of hydrogen-bond acceptors (Lipinski definition) is 4. The molecule has 0 amide bonds. The molecule has 5 heteroatoms. The van der Waals surface area contributed by atoms with Gasteiger partial charge in [-0.1, -0.05) is 12.1 Å². The van der Waals surface area contributed by atoms with Gasteiger partial charge in [0.15, 0.2) is 0 Å². The van der Waals surface area contributed by atoms with Crippen LogP contribution in [-0.4, -0.2) is 28.3 Å². The zero-order chi connectivity index (χ0) is 12.3. The quantitative estimate of drug-likeness (QED) is 0.447. The van der Waals surface area contributed by atoms with Crippen molar-refractivity contribution in [1.29, 1.82) is 0 Å². The zero-order valence-electron chi connectivity index (χ0n) is 8.93. The number of carboxylic acids is 1. The Hall–Kier alpha value is -1.88. The van der Waals surface area contributed by atoms with Crippen molar-refractivity contribution in [2.75, 3.05) is 0 Å². The number of esters is 1. The molecule has 0 spiro atoms. The number of benzene rings is 1. The summed E-state index contributed by atoms with van der Waals surface area (Å²) in [5.74, 6) is -2.57.